The lowest BCUT2D eigenvalue weighted by Gasteiger charge is -2.22. The second-order valence-electron chi connectivity index (χ2n) is 4.69. The second kappa shape index (κ2) is 4.51. The van der Waals surface area contributed by atoms with Crippen molar-refractivity contribution in [3.8, 4) is 0 Å². The van der Waals surface area contributed by atoms with Crippen LogP contribution in [0.3, 0.4) is 0 Å². The largest absolute Gasteiger partial charge is 0.369 e. The maximum Gasteiger partial charge on any atom is 0.221 e. The van der Waals surface area contributed by atoms with Gasteiger partial charge in [0, 0.05) is 3.57 Å². The van der Waals surface area contributed by atoms with E-state index in [1.807, 2.05) is 12.1 Å². The molecule has 0 aliphatic rings. The first-order valence-corrected chi connectivity index (χ1v) is 5.96. The van der Waals surface area contributed by atoms with Crippen molar-refractivity contribution in [3.63, 3.8) is 0 Å². The summed E-state index contributed by atoms with van der Waals surface area (Å²) in [6.45, 7) is 6.43. The van der Waals surface area contributed by atoms with Crippen molar-refractivity contribution in [2.45, 2.75) is 32.6 Å². The summed E-state index contributed by atoms with van der Waals surface area (Å²) in [5.41, 5.74) is 7.52. The fourth-order valence-electron chi connectivity index (χ4n) is 1.59. The fourth-order valence-corrected chi connectivity index (χ4v) is 2.08. The molecule has 82 valence electrons. The number of hydrogen-bond acceptors (Lipinski definition) is 1. The quantitative estimate of drug-likeness (QED) is 0.837. The summed E-state index contributed by atoms with van der Waals surface area (Å²) in [6.07, 6.45) is 0.323. The van der Waals surface area contributed by atoms with Crippen LogP contribution in [-0.2, 0) is 16.6 Å². The highest BCUT2D eigenvalue weighted by Crippen LogP contribution is 2.27. The lowest BCUT2D eigenvalue weighted by Crippen LogP contribution is -2.19. The molecule has 1 amide bonds. The average molecular weight is 317 g/mol. The van der Waals surface area contributed by atoms with Gasteiger partial charge < -0.3 is 5.73 Å². The minimum atomic E-state index is -0.276. The van der Waals surface area contributed by atoms with E-state index in [-0.39, 0.29) is 11.3 Å². The summed E-state index contributed by atoms with van der Waals surface area (Å²) in [5.74, 6) is -0.276. The lowest BCUT2D eigenvalue weighted by atomic mass is 9.83. The molecule has 0 aromatic heterocycles. The van der Waals surface area contributed by atoms with Crippen molar-refractivity contribution in [1.29, 1.82) is 0 Å². The molecule has 0 saturated carbocycles. The van der Waals surface area contributed by atoms with E-state index in [1.165, 1.54) is 9.13 Å². The van der Waals surface area contributed by atoms with Crippen LogP contribution in [0.4, 0.5) is 0 Å². The second-order valence-corrected chi connectivity index (χ2v) is 5.94. The number of amides is 1. The maximum atomic E-state index is 11.0. The van der Waals surface area contributed by atoms with Gasteiger partial charge in [-0.05, 0) is 51.3 Å². The first-order valence-electron chi connectivity index (χ1n) is 4.88. The predicted octanol–water partition coefficient (Wildman–Crippen LogP) is 2.62. The minimum Gasteiger partial charge on any atom is -0.369 e. The first kappa shape index (κ1) is 12.5. The van der Waals surface area contributed by atoms with E-state index >= 15 is 0 Å². The molecule has 0 heterocycles. The van der Waals surface area contributed by atoms with E-state index in [1.54, 1.807) is 0 Å². The van der Waals surface area contributed by atoms with Gasteiger partial charge in [-0.15, -0.1) is 0 Å². The monoisotopic (exact) mass is 317 g/mol. The molecule has 0 fully saturated rings. The van der Waals surface area contributed by atoms with E-state index < -0.39 is 0 Å². The summed E-state index contributed by atoms with van der Waals surface area (Å²) in [6, 6.07) is 6.13. The Hall–Kier alpha value is -0.580. The minimum absolute atomic E-state index is 0.0476. The van der Waals surface area contributed by atoms with E-state index in [0.717, 1.165) is 5.56 Å². The van der Waals surface area contributed by atoms with Gasteiger partial charge in [-0.1, -0.05) is 26.8 Å². The summed E-state index contributed by atoms with van der Waals surface area (Å²) >= 11 is 2.28. The van der Waals surface area contributed by atoms with Gasteiger partial charge in [-0.2, -0.15) is 0 Å². The molecule has 0 aliphatic carbocycles. The Kier molecular flexibility index (Phi) is 3.76. The summed E-state index contributed by atoms with van der Waals surface area (Å²) in [5, 5.41) is 0. The smallest absolute Gasteiger partial charge is 0.221 e. The van der Waals surface area contributed by atoms with Gasteiger partial charge in [0.15, 0.2) is 0 Å². The molecule has 0 atom stereocenters. The zero-order valence-electron chi connectivity index (χ0n) is 9.30. The lowest BCUT2D eigenvalue weighted by molar-refractivity contribution is -0.117. The molecule has 1 rings (SSSR count). The normalized spacial score (nSPS) is 11.5. The van der Waals surface area contributed by atoms with Crippen molar-refractivity contribution in [3.05, 3.63) is 32.9 Å². The Morgan fingerprint density at radius 3 is 2.47 bits per heavy atom. The number of rotatable bonds is 2. The highest BCUT2D eigenvalue weighted by Gasteiger charge is 2.18. The molecule has 0 bridgehead atoms. The maximum absolute atomic E-state index is 11.0. The van der Waals surface area contributed by atoms with Crippen LogP contribution in [0.25, 0.3) is 0 Å². The van der Waals surface area contributed by atoms with Gasteiger partial charge in [-0.25, -0.2) is 0 Å². The van der Waals surface area contributed by atoms with E-state index in [2.05, 4.69) is 49.4 Å². The highest BCUT2D eigenvalue weighted by molar-refractivity contribution is 14.1. The van der Waals surface area contributed by atoms with Gasteiger partial charge in [0.05, 0.1) is 6.42 Å². The molecule has 3 heteroatoms. The third-order valence-corrected chi connectivity index (χ3v) is 2.92. The molecule has 1 aromatic rings. The fraction of sp³-hybridized carbons (Fsp3) is 0.417. The number of hydrogen-bond donors (Lipinski definition) is 1. The number of halogens is 1. The molecule has 2 N–H and O–H groups in total. The Labute approximate surface area is 104 Å². The van der Waals surface area contributed by atoms with Crippen molar-refractivity contribution in [1.82, 2.24) is 0 Å². The number of primary amides is 1. The van der Waals surface area contributed by atoms with Crippen LogP contribution in [0.5, 0.6) is 0 Å². The van der Waals surface area contributed by atoms with Crippen molar-refractivity contribution in [2.24, 2.45) is 5.73 Å². The Balaban J connectivity index is 3.20. The van der Waals surface area contributed by atoms with Crippen LogP contribution >= 0.6 is 22.6 Å². The van der Waals surface area contributed by atoms with Gasteiger partial charge >= 0.3 is 0 Å². The molecular formula is C12H16INO. The molecular weight excluding hydrogens is 301 g/mol. The van der Waals surface area contributed by atoms with Crippen LogP contribution in [0.1, 0.15) is 31.9 Å². The van der Waals surface area contributed by atoms with E-state index in [0.29, 0.717) is 6.42 Å². The molecule has 1 aromatic carbocycles. The Morgan fingerprint density at radius 1 is 1.40 bits per heavy atom. The van der Waals surface area contributed by atoms with E-state index in [9.17, 15) is 4.79 Å². The zero-order chi connectivity index (χ0) is 11.6. The summed E-state index contributed by atoms with van der Waals surface area (Å²) in [7, 11) is 0. The molecule has 2 nitrogen and oxygen atoms in total. The average Bonchev–Trinajstić information content (AvgIpc) is 2.05. The molecule has 0 radical (unpaired) electrons. The predicted molar refractivity (Wildman–Crippen MR) is 70.8 cm³/mol. The zero-order valence-corrected chi connectivity index (χ0v) is 11.5. The van der Waals surface area contributed by atoms with Crippen molar-refractivity contribution >= 4 is 28.5 Å². The van der Waals surface area contributed by atoms with E-state index in [4.69, 9.17) is 5.73 Å². The molecule has 0 spiro atoms. The highest BCUT2D eigenvalue weighted by atomic mass is 127. The molecule has 15 heavy (non-hydrogen) atoms. The van der Waals surface area contributed by atoms with Crippen LogP contribution in [0.15, 0.2) is 18.2 Å². The number of benzene rings is 1. The van der Waals surface area contributed by atoms with Crippen LogP contribution in [0.2, 0.25) is 0 Å². The molecule has 0 aliphatic heterocycles. The topological polar surface area (TPSA) is 43.1 Å². The third kappa shape index (κ3) is 3.48. The first-order chi connectivity index (χ1) is 6.80. The summed E-state index contributed by atoms with van der Waals surface area (Å²) < 4.78 is 1.19. The number of carbonyl (C=O) groups is 1. The Morgan fingerprint density at radius 2 is 2.00 bits per heavy atom. The Bertz CT molecular complexity index is 380. The molecule has 0 unspecified atom stereocenters. The van der Waals surface area contributed by atoms with Crippen LogP contribution in [0, 0.1) is 3.57 Å². The van der Waals surface area contributed by atoms with Gasteiger partial charge in [0.2, 0.25) is 5.91 Å². The van der Waals surface area contributed by atoms with Crippen LogP contribution < -0.4 is 5.73 Å². The SMILES string of the molecule is CC(C)(C)c1cc(I)ccc1CC(N)=O. The van der Waals surface area contributed by atoms with Gasteiger partial charge in [0.25, 0.3) is 0 Å². The van der Waals surface area contributed by atoms with Crippen LogP contribution in [-0.4, -0.2) is 5.91 Å². The van der Waals surface area contributed by atoms with Crippen molar-refractivity contribution < 1.29 is 4.79 Å². The van der Waals surface area contributed by atoms with Crippen molar-refractivity contribution in [2.75, 3.05) is 0 Å². The van der Waals surface area contributed by atoms with Gasteiger partial charge in [-0.3, -0.25) is 4.79 Å². The van der Waals surface area contributed by atoms with Gasteiger partial charge in [0.1, 0.15) is 0 Å². The summed E-state index contributed by atoms with van der Waals surface area (Å²) in [4.78, 5) is 11.0. The third-order valence-electron chi connectivity index (χ3n) is 2.24. The standard InChI is InChI=1S/C12H16INO/c1-12(2,3)10-7-9(13)5-4-8(10)6-11(14)15/h4-5,7H,6H2,1-3H3,(H2,14,15). The molecule has 0 saturated heterocycles. The number of nitrogens with two attached hydrogens (primary N) is 1. The number of carbonyl (C=O) groups excluding carboxylic acids is 1.